The molecule has 12 heteroatoms. The van der Waals surface area contributed by atoms with Gasteiger partial charge in [-0.3, -0.25) is 9.59 Å². The Kier molecular flexibility index (Phi) is 16.6. The first-order valence-electron chi connectivity index (χ1n) is 23.5. The Morgan fingerprint density at radius 1 is 0.631 bits per heavy atom. The van der Waals surface area contributed by atoms with Crippen LogP contribution < -0.4 is 10.6 Å². The number of hydrogen-bond acceptors (Lipinski definition) is 7. The standard InChI is InChI=1S/C53H76N4O7Si/c1-36(2)29-44-35-56(47(58)45(54-49(60)63-51(3,4)5)32-37-24-26-39-19-14-16-21-41(39)30-37)43(23-18-28-62-65(12,13)53(9,10)11)34-57(44)48(59)46(55-50(61)64-52(6,7)8)33-38-25-27-40-20-15-17-22-42(40)31-38/h14-17,19-22,24-27,30-31,36,43-46H,18,23,28-29,32-35H2,1-13H3,(H,54,60)(H,55,61)/t43-,44+,45?,46+/m0/s1. The molecule has 1 aliphatic heterocycles. The molecule has 0 saturated carbocycles. The number of hydrogen-bond donors (Lipinski definition) is 2. The monoisotopic (exact) mass is 909 g/mol. The molecule has 0 aromatic heterocycles. The fourth-order valence-electron chi connectivity index (χ4n) is 8.25. The Bertz CT molecular complexity index is 2270. The fraction of sp³-hybridized carbons (Fsp3) is 0.547. The highest BCUT2D eigenvalue weighted by Gasteiger charge is 2.43. The molecule has 0 aliphatic carbocycles. The average molecular weight is 909 g/mol. The van der Waals surface area contributed by atoms with Crippen molar-refractivity contribution in [3.63, 3.8) is 0 Å². The maximum atomic E-state index is 15.3. The van der Waals surface area contributed by atoms with Crippen LogP contribution in [0.5, 0.6) is 0 Å². The van der Waals surface area contributed by atoms with Crippen molar-refractivity contribution in [1.82, 2.24) is 20.4 Å². The first-order chi connectivity index (χ1) is 30.3. The number of nitrogens with zero attached hydrogens (tertiary/aromatic N) is 2. The van der Waals surface area contributed by atoms with Gasteiger partial charge in [-0.1, -0.05) is 120 Å². The van der Waals surface area contributed by atoms with Crippen molar-refractivity contribution in [2.24, 2.45) is 5.92 Å². The number of rotatable bonds is 15. The number of benzene rings is 4. The summed E-state index contributed by atoms with van der Waals surface area (Å²) >= 11 is 0. The molecule has 1 saturated heterocycles. The zero-order chi connectivity index (χ0) is 47.9. The number of alkyl carbamates (subject to hydrolysis) is 2. The number of ether oxygens (including phenoxy) is 2. The minimum atomic E-state index is -2.07. The molecule has 4 aromatic carbocycles. The van der Waals surface area contributed by atoms with Gasteiger partial charge in [0.15, 0.2) is 8.32 Å². The van der Waals surface area contributed by atoms with Crippen molar-refractivity contribution >= 4 is 53.9 Å². The number of amides is 4. The van der Waals surface area contributed by atoms with Crippen LogP contribution in [0.3, 0.4) is 0 Å². The lowest BCUT2D eigenvalue weighted by Crippen LogP contribution is -2.66. The van der Waals surface area contributed by atoms with Gasteiger partial charge in [0, 0.05) is 44.6 Å². The largest absolute Gasteiger partial charge is 0.444 e. The molecule has 0 spiro atoms. The highest BCUT2D eigenvalue weighted by Crippen LogP contribution is 2.37. The van der Waals surface area contributed by atoms with Crippen LogP contribution in [0.1, 0.15) is 107 Å². The van der Waals surface area contributed by atoms with Crippen molar-refractivity contribution in [3.05, 3.63) is 96.1 Å². The molecule has 0 radical (unpaired) electrons. The predicted molar refractivity (Wildman–Crippen MR) is 264 cm³/mol. The number of carbonyl (C=O) groups excluding carboxylic acids is 4. The minimum Gasteiger partial charge on any atom is -0.444 e. The van der Waals surface area contributed by atoms with Crippen LogP contribution in [-0.2, 0) is 36.3 Å². The van der Waals surface area contributed by atoms with Gasteiger partial charge in [0.25, 0.3) is 0 Å². The molecule has 11 nitrogen and oxygen atoms in total. The molecule has 354 valence electrons. The lowest BCUT2D eigenvalue weighted by Gasteiger charge is -2.49. The van der Waals surface area contributed by atoms with Gasteiger partial charge in [-0.2, -0.15) is 0 Å². The fourth-order valence-corrected chi connectivity index (χ4v) is 9.34. The first kappa shape index (κ1) is 51.0. The number of piperazine rings is 1. The van der Waals surface area contributed by atoms with Gasteiger partial charge < -0.3 is 34.3 Å². The number of fused-ring (bicyclic) bond motifs is 2. The third-order valence-electron chi connectivity index (χ3n) is 12.4. The molecule has 0 bridgehead atoms. The van der Waals surface area contributed by atoms with Gasteiger partial charge in [-0.15, -0.1) is 0 Å². The van der Waals surface area contributed by atoms with E-state index in [4.69, 9.17) is 13.9 Å². The lowest BCUT2D eigenvalue weighted by atomic mass is 9.92. The normalized spacial score (nSPS) is 17.2. The second kappa shape index (κ2) is 21.1. The highest BCUT2D eigenvalue weighted by molar-refractivity contribution is 6.74. The summed E-state index contributed by atoms with van der Waals surface area (Å²) in [4.78, 5) is 61.4. The average Bonchev–Trinajstić information content (AvgIpc) is 3.19. The van der Waals surface area contributed by atoms with Crippen molar-refractivity contribution in [3.8, 4) is 0 Å². The molecule has 1 unspecified atom stereocenters. The SMILES string of the molecule is CC(C)C[C@@H]1CN(C(=O)C(Cc2ccc3ccccc3c2)NC(=O)OC(C)(C)C)[C@@H](CCCO[Si](C)(C)C(C)(C)C)CN1C(=O)[C@@H](Cc1ccc2ccccc2c1)NC(=O)OC(C)(C)C. The molecular formula is C53H76N4O7Si. The van der Waals surface area contributed by atoms with Gasteiger partial charge in [0.05, 0.1) is 0 Å². The van der Waals surface area contributed by atoms with Crippen LogP contribution in [0.25, 0.3) is 21.5 Å². The van der Waals surface area contributed by atoms with E-state index in [0.717, 1.165) is 32.7 Å². The summed E-state index contributed by atoms with van der Waals surface area (Å²) in [5.41, 5.74) is 0.241. The van der Waals surface area contributed by atoms with Crippen molar-refractivity contribution < 1.29 is 33.1 Å². The van der Waals surface area contributed by atoms with Crippen molar-refractivity contribution in [2.75, 3.05) is 19.7 Å². The summed E-state index contributed by atoms with van der Waals surface area (Å²) in [6.07, 6.45) is 0.969. The van der Waals surface area contributed by atoms with E-state index in [9.17, 15) is 9.59 Å². The maximum Gasteiger partial charge on any atom is 0.408 e. The number of carbonyl (C=O) groups is 4. The summed E-state index contributed by atoms with van der Waals surface area (Å²) in [5, 5.41) is 10.2. The van der Waals surface area contributed by atoms with Crippen molar-refractivity contribution in [1.29, 1.82) is 0 Å². The Morgan fingerprint density at radius 2 is 1.05 bits per heavy atom. The third kappa shape index (κ3) is 14.8. The predicted octanol–water partition coefficient (Wildman–Crippen LogP) is 10.8. The van der Waals surface area contributed by atoms with E-state index in [-0.39, 0.29) is 54.7 Å². The van der Waals surface area contributed by atoms with E-state index < -0.39 is 49.8 Å². The van der Waals surface area contributed by atoms with E-state index in [1.807, 2.05) is 82.6 Å². The van der Waals surface area contributed by atoms with Crippen LogP contribution >= 0.6 is 0 Å². The van der Waals surface area contributed by atoms with E-state index in [2.05, 4.69) is 70.5 Å². The van der Waals surface area contributed by atoms with E-state index in [0.29, 0.717) is 25.9 Å². The molecule has 2 N–H and O–H groups in total. The zero-order valence-electron chi connectivity index (χ0n) is 41.4. The second-order valence-corrected chi connectivity index (χ2v) is 26.6. The summed E-state index contributed by atoms with van der Waals surface area (Å²) in [6, 6.07) is 25.6. The molecule has 1 heterocycles. The van der Waals surface area contributed by atoms with Crippen LogP contribution in [0.2, 0.25) is 18.1 Å². The quantitative estimate of drug-likeness (QED) is 0.0898. The molecule has 1 aliphatic rings. The smallest absolute Gasteiger partial charge is 0.408 e. The molecular weight excluding hydrogens is 833 g/mol. The van der Waals surface area contributed by atoms with Crippen LogP contribution in [0.15, 0.2) is 84.9 Å². The Labute approximate surface area is 389 Å². The molecule has 4 amide bonds. The zero-order valence-corrected chi connectivity index (χ0v) is 42.4. The van der Waals surface area contributed by atoms with E-state index >= 15 is 9.59 Å². The molecule has 1 fully saturated rings. The summed E-state index contributed by atoms with van der Waals surface area (Å²) in [6.45, 7) is 27.1. The molecule has 65 heavy (non-hydrogen) atoms. The van der Waals surface area contributed by atoms with Gasteiger partial charge in [-0.25, -0.2) is 9.59 Å². The van der Waals surface area contributed by atoms with Gasteiger partial charge in [0.2, 0.25) is 11.8 Å². The van der Waals surface area contributed by atoms with Crippen LogP contribution in [0, 0.1) is 5.92 Å². The van der Waals surface area contributed by atoms with Gasteiger partial charge >= 0.3 is 12.2 Å². The maximum absolute atomic E-state index is 15.3. The Balaban J connectivity index is 1.53. The summed E-state index contributed by atoms with van der Waals surface area (Å²) < 4.78 is 18.1. The Hall–Kier alpha value is -4.94. The summed E-state index contributed by atoms with van der Waals surface area (Å²) in [7, 11) is -2.07. The van der Waals surface area contributed by atoms with Crippen LogP contribution in [-0.4, -0.2) is 97.2 Å². The second-order valence-electron chi connectivity index (χ2n) is 21.8. The summed E-state index contributed by atoms with van der Waals surface area (Å²) in [5.74, 6) is -0.295. The van der Waals surface area contributed by atoms with Crippen molar-refractivity contribution in [2.45, 2.75) is 162 Å². The Morgan fingerprint density at radius 3 is 1.46 bits per heavy atom. The van der Waals surface area contributed by atoms with Gasteiger partial charge in [-0.05, 0) is 118 Å². The molecule has 4 aromatic rings. The third-order valence-corrected chi connectivity index (χ3v) is 17.0. The highest BCUT2D eigenvalue weighted by atomic mass is 28.4. The first-order valence-corrected chi connectivity index (χ1v) is 26.4. The lowest BCUT2D eigenvalue weighted by molar-refractivity contribution is -0.150. The van der Waals surface area contributed by atoms with E-state index in [1.165, 1.54) is 0 Å². The molecule has 5 rings (SSSR count). The van der Waals surface area contributed by atoms with E-state index in [1.54, 1.807) is 41.5 Å². The topological polar surface area (TPSA) is 127 Å². The minimum absolute atomic E-state index is 0.0254. The van der Waals surface area contributed by atoms with Crippen LogP contribution in [0.4, 0.5) is 9.59 Å². The molecule has 4 atom stereocenters. The number of nitrogens with one attached hydrogen (secondary N) is 2. The van der Waals surface area contributed by atoms with Gasteiger partial charge in [0.1, 0.15) is 23.3 Å².